The third-order valence-corrected chi connectivity index (χ3v) is 4.38. The third-order valence-electron chi connectivity index (χ3n) is 3.19. The van der Waals surface area contributed by atoms with Gasteiger partial charge in [-0.3, -0.25) is 4.79 Å². The molecule has 1 fully saturated rings. The van der Waals surface area contributed by atoms with E-state index < -0.39 is 0 Å². The van der Waals surface area contributed by atoms with Crippen molar-refractivity contribution in [3.8, 4) is 0 Å². The average molecular weight is 279 g/mol. The van der Waals surface area contributed by atoms with Crippen molar-refractivity contribution < 1.29 is 4.79 Å². The van der Waals surface area contributed by atoms with Crippen LogP contribution in [0.1, 0.15) is 30.8 Å². The fraction of sp³-hybridized carbons (Fsp3) is 0.571. The molecule has 1 atom stereocenters. The molecule has 1 amide bonds. The Labute approximate surface area is 119 Å². The van der Waals surface area contributed by atoms with Crippen molar-refractivity contribution in [2.75, 3.05) is 29.9 Å². The summed E-state index contributed by atoms with van der Waals surface area (Å²) in [4.78, 5) is 18.6. The number of anilines is 1. The number of nitrogens with one attached hydrogen (secondary N) is 1. The Morgan fingerprint density at radius 3 is 3.05 bits per heavy atom. The van der Waals surface area contributed by atoms with Crippen LogP contribution < -0.4 is 5.32 Å². The Kier molecular flexibility index (Phi) is 5.07. The molecule has 0 aromatic carbocycles. The predicted molar refractivity (Wildman–Crippen MR) is 80.8 cm³/mol. The standard InChI is InChI=1S/C14H21N3OS/c1-3-6-15-12-4-5-13(16-9-12)14(18)17-7-8-19-10-11(17)2/h4-5,9,11,15H,3,6-8,10H2,1-2H3. The van der Waals surface area contributed by atoms with Gasteiger partial charge in [-0.1, -0.05) is 6.92 Å². The van der Waals surface area contributed by atoms with Gasteiger partial charge in [-0.15, -0.1) is 0 Å². The van der Waals surface area contributed by atoms with Gasteiger partial charge in [0.1, 0.15) is 5.69 Å². The summed E-state index contributed by atoms with van der Waals surface area (Å²) in [7, 11) is 0. The molecule has 1 N–H and O–H groups in total. The maximum absolute atomic E-state index is 12.4. The lowest BCUT2D eigenvalue weighted by Gasteiger charge is -2.32. The monoisotopic (exact) mass is 279 g/mol. The molecule has 0 saturated carbocycles. The normalized spacial score (nSPS) is 19.3. The first-order valence-electron chi connectivity index (χ1n) is 6.81. The Morgan fingerprint density at radius 2 is 2.42 bits per heavy atom. The lowest BCUT2D eigenvalue weighted by Crippen LogP contribution is -2.44. The molecule has 1 aromatic heterocycles. The zero-order valence-corrected chi connectivity index (χ0v) is 12.4. The number of hydrogen-bond acceptors (Lipinski definition) is 4. The van der Waals surface area contributed by atoms with Crippen LogP contribution in [-0.2, 0) is 0 Å². The number of carbonyl (C=O) groups excluding carboxylic acids is 1. The second kappa shape index (κ2) is 6.80. The van der Waals surface area contributed by atoms with Gasteiger partial charge in [0, 0.05) is 30.6 Å². The highest BCUT2D eigenvalue weighted by Crippen LogP contribution is 2.18. The van der Waals surface area contributed by atoms with Gasteiger partial charge in [0.2, 0.25) is 0 Å². The zero-order chi connectivity index (χ0) is 13.7. The topological polar surface area (TPSA) is 45.2 Å². The van der Waals surface area contributed by atoms with Crippen LogP contribution in [0.5, 0.6) is 0 Å². The molecule has 1 unspecified atom stereocenters. The molecule has 104 valence electrons. The van der Waals surface area contributed by atoms with Crippen molar-refractivity contribution in [1.82, 2.24) is 9.88 Å². The molecule has 1 saturated heterocycles. The molecule has 0 bridgehead atoms. The van der Waals surface area contributed by atoms with Crippen LogP contribution in [0.15, 0.2) is 18.3 Å². The molecule has 0 radical (unpaired) electrons. The first-order valence-corrected chi connectivity index (χ1v) is 7.96. The number of rotatable bonds is 4. The summed E-state index contributed by atoms with van der Waals surface area (Å²) in [5.74, 6) is 2.09. The van der Waals surface area contributed by atoms with Crippen molar-refractivity contribution in [2.45, 2.75) is 26.3 Å². The number of aromatic nitrogens is 1. The van der Waals surface area contributed by atoms with Crippen molar-refractivity contribution in [3.05, 3.63) is 24.0 Å². The SMILES string of the molecule is CCCNc1ccc(C(=O)N2CCSCC2C)nc1. The van der Waals surface area contributed by atoms with Crippen LogP contribution in [0.3, 0.4) is 0 Å². The van der Waals surface area contributed by atoms with Gasteiger partial charge in [-0.25, -0.2) is 4.98 Å². The fourth-order valence-electron chi connectivity index (χ4n) is 2.07. The van der Waals surface area contributed by atoms with E-state index in [0.717, 1.165) is 36.7 Å². The van der Waals surface area contributed by atoms with E-state index in [0.29, 0.717) is 11.7 Å². The number of thioether (sulfide) groups is 1. The van der Waals surface area contributed by atoms with Gasteiger partial charge >= 0.3 is 0 Å². The number of nitrogens with zero attached hydrogens (tertiary/aromatic N) is 2. The minimum Gasteiger partial charge on any atom is -0.384 e. The van der Waals surface area contributed by atoms with Crippen molar-refractivity contribution in [3.63, 3.8) is 0 Å². The Hall–Kier alpha value is -1.23. The number of hydrogen-bond donors (Lipinski definition) is 1. The van der Waals surface area contributed by atoms with Gasteiger partial charge in [0.05, 0.1) is 11.9 Å². The summed E-state index contributed by atoms with van der Waals surface area (Å²) in [6.45, 7) is 5.97. The van der Waals surface area contributed by atoms with Crippen LogP contribution in [0.2, 0.25) is 0 Å². The third kappa shape index (κ3) is 3.62. The molecule has 0 aliphatic carbocycles. The van der Waals surface area contributed by atoms with E-state index in [4.69, 9.17) is 0 Å². The van der Waals surface area contributed by atoms with Crippen LogP contribution in [-0.4, -0.2) is 46.4 Å². The zero-order valence-electron chi connectivity index (χ0n) is 11.6. The first-order chi connectivity index (χ1) is 9.22. The summed E-state index contributed by atoms with van der Waals surface area (Å²) in [6, 6.07) is 4.04. The maximum Gasteiger partial charge on any atom is 0.272 e. The number of amides is 1. The maximum atomic E-state index is 12.4. The number of pyridine rings is 1. The molecule has 0 spiro atoms. The van der Waals surface area contributed by atoms with E-state index in [2.05, 4.69) is 24.1 Å². The van der Waals surface area contributed by atoms with Crippen molar-refractivity contribution >= 4 is 23.4 Å². The quantitative estimate of drug-likeness (QED) is 0.919. The Balaban J connectivity index is 2.02. The predicted octanol–water partition coefficient (Wildman–Crippen LogP) is 2.48. The lowest BCUT2D eigenvalue weighted by molar-refractivity contribution is 0.0710. The summed E-state index contributed by atoms with van der Waals surface area (Å²) in [5, 5.41) is 3.26. The molecule has 2 heterocycles. The van der Waals surface area contributed by atoms with Gasteiger partial charge in [0.25, 0.3) is 5.91 Å². The lowest BCUT2D eigenvalue weighted by atomic mass is 10.2. The first kappa shape index (κ1) is 14.2. The summed E-state index contributed by atoms with van der Waals surface area (Å²) < 4.78 is 0. The average Bonchev–Trinajstić information content (AvgIpc) is 2.45. The molecule has 1 aromatic rings. The second-order valence-corrected chi connectivity index (χ2v) is 5.93. The van der Waals surface area contributed by atoms with Crippen LogP contribution in [0, 0.1) is 0 Å². The summed E-state index contributed by atoms with van der Waals surface area (Å²) >= 11 is 1.91. The van der Waals surface area contributed by atoms with Crippen LogP contribution in [0.25, 0.3) is 0 Å². The second-order valence-electron chi connectivity index (χ2n) is 4.78. The summed E-state index contributed by atoms with van der Waals surface area (Å²) in [5.41, 5.74) is 1.52. The minimum atomic E-state index is 0.0508. The Bertz CT molecular complexity index is 421. The van der Waals surface area contributed by atoms with Gasteiger partial charge in [-0.2, -0.15) is 11.8 Å². The van der Waals surface area contributed by atoms with E-state index in [1.165, 1.54) is 0 Å². The van der Waals surface area contributed by atoms with E-state index in [1.54, 1.807) is 6.20 Å². The van der Waals surface area contributed by atoms with Gasteiger partial charge < -0.3 is 10.2 Å². The van der Waals surface area contributed by atoms with Gasteiger partial charge in [-0.05, 0) is 25.5 Å². The van der Waals surface area contributed by atoms with E-state index in [9.17, 15) is 4.79 Å². The highest BCUT2D eigenvalue weighted by atomic mass is 32.2. The molecule has 5 heteroatoms. The van der Waals surface area contributed by atoms with E-state index in [-0.39, 0.29) is 5.91 Å². The van der Waals surface area contributed by atoms with Crippen molar-refractivity contribution in [2.24, 2.45) is 0 Å². The van der Waals surface area contributed by atoms with Crippen LogP contribution in [0.4, 0.5) is 5.69 Å². The van der Waals surface area contributed by atoms with Gasteiger partial charge in [0.15, 0.2) is 0 Å². The van der Waals surface area contributed by atoms with Crippen molar-refractivity contribution in [1.29, 1.82) is 0 Å². The van der Waals surface area contributed by atoms with E-state index in [1.807, 2.05) is 28.8 Å². The largest absolute Gasteiger partial charge is 0.384 e. The highest BCUT2D eigenvalue weighted by Gasteiger charge is 2.25. The Morgan fingerprint density at radius 1 is 1.58 bits per heavy atom. The molecule has 1 aliphatic rings. The number of carbonyl (C=O) groups is 1. The smallest absolute Gasteiger partial charge is 0.272 e. The summed E-state index contributed by atoms with van der Waals surface area (Å²) in [6.07, 6.45) is 2.82. The fourth-order valence-corrected chi connectivity index (χ4v) is 3.08. The highest BCUT2D eigenvalue weighted by molar-refractivity contribution is 7.99. The van der Waals surface area contributed by atoms with Crippen LogP contribution >= 0.6 is 11.8 Å². The molecule has 1 aliphatic heterocycles. The molecule has 4 nitrogen and oxygen atoms in total. The molecule has 19 heavy (non-hydrogen) atoms. The van der Waals surface area contributed by atoms with E-state index >= 15 is 0 Å². The molecular weight excluding hydrogens is 258 g/mol. The molecular formula is C14H21N3OS. The minimum absolute atomic E-state index is 0.0508. The molecule has 2 rings (SSSR count).